The van der Waals surface area contributed by atoms with Gasteiger partial charge < -0.3 is 10.4 Å². The number of sulfone groups is 1. The van der Waals surface area contributed by atoms with Gasteiger partial charge in [0.15, 0.2) is 0 Å². The maximum atomic E-state index is 13.1. The van der Waals surface area contributed by atoms with E-state index in [-0.39, 0.29) is 33.7 Å². The maximum absolute atomic E-state index is 13.1. The largest absolute Gasteiger partial charge is 0.387 e. The van der Waals surface area contributed by atoms with E-state index in [0.717, 1.165) is 11.1 Å². The van der Waals surface area contributed by atoms with Crippen LogP contribution in [0.2, 0.25) is 5.02 Å². The molecule has 1 heterocycles. The highest BCUT2D eigenvalue weighted by atomic mass is 35.5. The molecular weight excluding hydrogens is 539 g/mol. The number of aliphatic hydroxyl groups excluding tert-OH is 1. The molecule has 1 atom stereocenters. The summed E-state index contributed by atoms with van der Waals surface area (Å²) in [5, 5.41) is 29.2. The molecule has 194 valence electrons. The Hall–Kier alpha value is -3.35. The van der Waals surface area contributed by atoms with Gasteiger partial charge in [-0.15, -0.1) is 12.4 Å². The molecule has 0 unspecified atom stereocenters. The second kappa shape index (κ2) is 12.7. The Morgan fingerprint density at radius 3 is 2.49 bits per heavy atom. The van der Waals surface area contributed by atoms with Crippen LogP contribution in [0.25, 0.3) is 0 Å². The van der Waals surface area contributed by atoms with Crippen molar-refractivity contribution in [3.63, 3.8) is 0 Å². The first-order valence-corrected chi connectivity index (χ1v) is 12.8. The summed E-state index contributed by atoms with van der Waals surface area (Å²) < 4.78 is 26.2. The van der Waals surface area contributed by atoms with Gasteiger partial charge in [0.25, 0.3) is 5.91 Å². The van der Waals surface area contributed by atoms with Gasteiger partial charge in [-0.1, -0.05) is 47.0 Å². The number of aromatic nitrogens is 4. The summed E-state index contributed by atoms with van der Waals surface area (Å²) in [4.78, 5) is 12.5. The van der Waals surface area contributed by atoms with Crippen LogP contribution >= 0.6 is 24.0 Å². The number of nitrogens with zero attached hydrogens (tertiary/aromatic N) is 3. The molecular formula is C24H24Cl2N6O4S. The van der Waals surface area contributed by atoms with Crippen LogP contribution in [-0.4, -0.2) is 53.1 Å². The molecule has 0 aliphatic heterocycles. The highest BCUT2D eigenvalue weighted by Gasteiger charge is 2.19. The first-order chi connectivity index (χ1) is 17.3. The first-order valence-electron chi connectivity index (χ1n) is 11.0. The van der Waals surface area contributed by atoms with Gasteiger partial charge in [0, 0.05) is 17.1 Å². The van der Waals surface area contributed by atoms with E-state index < -0.39 is 21.8 Å². The molecule has 0 radical (unpaired) electrons. The van der Waals surface area contributed by atoms with E-state index in [2.05, 4.69) is 31.3 Å². The number of amides is 1. The predicted molar refractivity (Wildman–Crippen MR) is 141 cm³/mol. The fourth-order valence-electron chi connectivity index (χ4n) is 3.47. The van der Waals surface area contributed by atoms with E-state index in [1.807, 2.05) is 6.07 Å². The van der Waals surface area contributed by atoms with E-state index in [4.69, 9.17) is 11.6 Å². The summed E-state index contributed by atoms with van der Waals surface area (Å²) in [6.45, 7) is 0.964. The number of anilines is 1. The normalized spacial score (nSPS) is 11.9. The monoisotopic (exact) mass is 562 g/mol. The number of halogens is 2. The van der Waals surface area contributed by atoms with Crippen LogP contribution in [0.4, 0.5) is 5.95 Å². The molecule has 10 nitrogen and oxygen atoms in total. The van der Waals surface area contributed by atoms with Crippen molar-refractivity contribution >= 4 is 45.7 Å². The van der Waals surface area contributed by atoms with Crippen molar-refractivity contribution in [3.05, 3.63) is 94.5 Å². The minimum absolute atomic E-state index is 0. The van der Waals surface area contributed by atoms with Crippen LogP contribution in [0.3, 0.4) is 0 Å². The number of aliphatic hydroxyl groups is 1. The molecule has 0 spiro atoms. The summed E-state index contributed by atoms with van der Waals surface area (Å²) in [5.74, 6) is -0.494. The molecule has 0 saturated carbocycles. The number of carbonyl (C=O) groups is 1. The maximum Gasteiger partial charge on any atom is 0.258 e. The van der Waals surface area contributed by atoms with Gasteiger partial charge in [0.05, 0.1) is 15.9 Å². The van der Waals surface area contributed by atoms with Crippen molar-refractivity contribution in [1.82, 2.24) is 25.9 Å². The highest BCUT2D eigenvalue weighted by molar-refractivity contribution is 7.91. The van der Waals surface area contributed by atoms with E-state index in [1.165, 1.54) is 24.3 Å². The molecule has 1 aromatic heterocycles. The topological polar surface area (TPSA) is 150 Å². The Morgan fingerprint density at radius 2 is 1.78 bits per heavy atom. The molecule has 4 rings (SSSR count). The van der Waals surface area contributed by atoms with Crippen molar-refractivity contribution in [1.29, 1.82) is 0 Å². The van der Waals surface area contributed by atoms with Gasteiger partial charge >= 0.3 is 0 Å². The van der Waals surface area contributed by atoms with Crippen LogP contribution in [0, 0.1) is 0 Å². The Morgan fingerprint density at radius 1 is 1.03 bits per heavy atom. The smallest absolute Gasteiger partial charge is 0.258 e. The molecule has 0 fully saturated rings. The van der Waals surface area contributed by atoms with Crippen molar-refractivity contribution in [3.8, 4) is 0 Å². The van der Waals surface area contributed by atoms with E-state index in [1.54, 1.807) is 42.5 Å². The highest BCUT2D eigenvalue weighted by Crippen LogP contribution is 2.23. The molecule has 0 aliphatic rings. The predicted octanol–water partition coefficient (Wildman–Crippen LogP) is 3.23. The van der Waals surface area contributed by atoms with Gasteiger partial charge in [0.1, 0.15) is 0 Å². The van der Waals surface area contributed by atoms with Crippen LogP contribution in [0.5, 0.6) is 0 Å². The number of aromatic amines is 1. The van der Waals surface area contributed by atoms with Crippen molar-refractivity contribution < 1.29 is 18.3 Å². The molecule has 4 N–H and O–H groups in total. The Labute approximate surface area is 224 Å². The zero-order valence-electron chi connectivity index (χ0n) is 19.3. The molecule has 4 aromatic rings. The number of hydrogen-bond acceptors (Lipinski definition) is 8. The average Bonchev–Trinajstić information content (AvgIpc) is 3.40. The number of hydrogen-bond donors (Lipinski definition) is 4. The summed E-state index contributed by atoms with van der Waals surface area (Å²) in [5.41, 5.74) is 1.82. The second-order valence-corrected chi connectivity index (χ2v) is 10.3. The molecule has 37 heavy (non-hydrogen) atoms. The van der Waals surface area contributed by atoms with Crippen LogP contribution < -0.4 is 10.6 Å². The average molecular weight is 563 g/mol. The van der Waals surface area contributed by atoms with Gasteiger partial charge in [-0.3, -0.25) is 10.1 Å². The van der Waals surface area contributed by atoms with Gasteiger partial charge in [0.2, 0.25) is 15.8 Å². The lowest BCUT2D eigenvalue weighted by atomic mass is 10.1. The van der Waals surface area contributed by atoms with E-state index in [0.29, 0.717) is 24.5 Å². The minimum atomic E-state index is -3.83. The standard InChI is InChI=1S/C24H23ClN6O4S.ClH/c25-19-5-1-3-17(13-19)22(32)15-26-12-11-16-7-9-20(10-8-16)36(34,35)21-6-2-4-18(14-21)23(33)27-24-28-30-31-29-24;/h1-10,13-14,22,26,32H,11-12,15H2,(H2,27,28,29,30,31,33);1H/t22-;/m0./s1. The second-order valence-electron chi connectivity index (χ2n) is 7.90. The van der Waals surface area contributed by atoms with Gasteiger partial charge in [-0.2, -0.15) is 0 Å². The number of nitrogens with one attached hydrogen (secondary N) is 3. The molecule has 13 heteroatoms. The van der Waals surface area contributed by atoms with E-state index >= 15 is 0 Å². The summed E-state index contributed by atoms with van der Waals surface area (Å²) in [6, 6.07) is 19.4. The summed E-state index contributed by atoms with van der Waals surface area (Å²) in [6.07, 6.45) is -0.0316. The molecule has 3 aromatic carbocycles. The number of carbonyl (C=O) groups excluding carboxylic acids is 1. The zero-order valence-corrected chi connectivity index (χ0v) is 21.7. The third-order valence-corrected chi connectivity index (χ3v) is 7.38. The lowest BCUT2D eigenvalue weighted by Crippen LogP contribution is -2.23. The quantitative estimate of drug-likeness (QED) is 0.215. The Kier molecular flexibility index (Phi) is 9.73. The number of tetrazole rings is 1. The number of H-pyrrole nitrogens is 1. The number of rotatable bonds is 10. The third kappa shape index (κ3) is 7.34. The lowest BCUT2D eigenvalue weighted by Gasteiger charge is -2.13. The Bertz CT molecular complexity index is 1430. The first kappa shape index (κ1) is 28.2. The number of benzene rings is 3. The summed E-state index contributed by atoms with van der Waals surface area (Å²) in [7, 11) is -3.83. The molecule has 1 amide bonds. The van der Waals surface area contributed by atoms with Gasteiger partial charge in [-0.25, -0.2) is 13.5 Å². The fraction of sp³-hybridized carbons (Fsp3) is 0.167. The minimum Gasteiger partial charge on any atom is -0.387 e. The fourth-order valence-corrected chi connectivity index (χ4v) is 4.98. The van der Waals surface area contributed by atoms with Gasteiger partial charge in [-0.05, 0) is 77.0 Å². The molecule has 0 bridgehead atoms. The van der Waals surface area contributed by atoms with Crippen molar-refractivity contribution in [2.75, 3.05) is 18.4 Å². The van der Waals surface area contributed by atoms with E-state index in [9.17, 15) is 18.3 Å². The third-order valence-electron chi connectivity index (χ3n) is 5.38. The van der Waals surface area contributed by atoms with Crippen LogP contribution in [0.15, 0.2) is 82.6 Å². The summed E-state index contributed by atoms with van der Waals surface area (Å²) >= 11 is 5.96. The molecule has 0 aliphatic carbocycles. The van der Waals surface area contributed by atoms with Crippen LogP contribution in [-0.2, 0) is 16.3 Å². The molecule has 0 saturated heterocycles. The SMILES string of the molecule is Cl.O=C(Nc1nnn[nH]1)c1cccc(S(=O)(=O)c2ccc(CCNC[C@H](O)c3cccc(Cl)c3)cc2)c1. The van der Waals surface area contributed by atoms with Crippen LogP contribution in [0.1, 0.15) is 27.6 Å². The zero-order chi connectivity index (χ0) is 25.5. The lowest BCUT2D eigenvalue weighted by molar-refractivity contribution is 0.102. The van der Waals surface area contributed by atoms with Crippen molar-refractivity contribution in [2.24, 2.45) is 0 Å². The van der Waals surface area contributed by atoms with Crippen molar-refractivity contribution in [2.45, 2.75) is 22.3 Å². The Balaban J connectivity index is 0.00000380.